The molecule has 0 unspecified atom stereocenters. The fourth-order valence-corrected chi connectivity index (χ4v) is 3.90. The molecule has 0 atom stereocenters. The number of nitrogens with zero attached hydrogens (tertiary/aromatic N) is 3. The van der Waals surface area contributed by atoms with Gasteiger partial charge in [0.15, 0.2) is 0 Å². The zero-order valence-corrected chi connectivity index (χ0v) is 14.3. The number of carbonyl (C=O) groups excluding carboxylic acids is 1. The molecule has 1 saturated carbocycles. The number of likely N-dealkylation sites (N-methyl/N-ethyl adjacent to an activating group) is 1. The first-order valence-electron chi connectivity index (χ1n) is 9.17. The maximum absolute atomic E-state index is 12.3. The maximum atomic E-state index is 12.3. The van der Waals surface area contributed by atoms with Gasteiger partial charge in [-0.05, 0) is 36.6 Å². The topological polar surface area (TPSA) is 36.4 Å². The molecule has 1 aromatic heterocycles. The third kappa shape index (κ3) is 4.31. The van der Waals surface area contributed by atoms with E-state index >= 15 is 0 Å². The molecule has 0 bridgehead atoms. The molecule has 2 aliphatic rings. The first-order valence-corrected chi connectivity index (χ1v) is 9.17. The van der Waals surface area contributed by atoms with E-state index in [-0.39, 0.29) is 0 Å². The van der Waals surface area contributed by atoms with Crippen molar-refractivity contribution in [2.24, 2.45) is 5.92 Å². The number of hydrogen-bond acceptors (Lipinski definition) is 3. The van der Waals surface area contributed by atoms with Crippen LogP contribution < -0.4 is 0 Å². The molecule has 0 radical (unpaired) electrons. The monoisotopic (exact) mass is 315 g/mol. The zero-order valence-electron chi connectivity index (χ0n) is 14.3. The molecule has 0 aromatic carbocycles. The Labute approximate surface area is 139 Å². The Bertz CT molecular complexity index is 493. The summed E-state index contributed by atoms with van der Waals surface area (Å²) in [5.74, 6) is 1.18. The lowest BCUT2D eigenvalue weighted by Gasteiger charge is -2.45. The second kappa shape index (κ2) is 7.91. The van der Waals surface area contributed by atoms with Crippen LogP contribution in [0.25, 0.3) is 0 Å². The average molecular weight is 315 g/mol. The van der Waals surface area contributed by atoms with Gasteiger partial charge in [-0.25, -0.2) is 0 Å². The van der Waals surface area contributed by atoms with Crippen LogP contribution in [0, 0.1) is 5.92 Å². The third-order valence-corrected chi connectivity index (χ3v) is 5.51. The molecule has 1 saturated heterocycles. The minimum absolute atomic E-state index is 0.369. The Morgan fingerprint density at radius 3 is 2.61 bits per heavy atom. The molecule has 0 N–H and O–H groups in total. The van der Waals surface area contributed by atoms with Crippen molar-refractivity contribution in [3.05, 3.63) is 30.1 Å². The summed E-state index contributed by atoms with van der Waals surface area (Å²) in [6.07, 6.45) is 11.0. The number of rotatable bonds is 7. The smallest absolute Gasteiger partial charge is 0.222 e. The molecule has 2 heterocycles. The summed E-state index contributed by atoms with van der Waals surface area (Å²) in [6, 6.07) is 4.67. The summed E-state index contributed by atoms with van der Waals surface area (Å²) >= 11 is 0. The van der Waals surface area contributed by atoms with Crippen LogP contribution in [0.3, 0.4) is 0 Å². The molecule has 4 nitrogen and oxygen atoms in total. The maximum Gasteiger partial charge on any atom is 0.222 e. The van der Waals surface area contributed by atoms with Gasteiger partial charge < -0.3 is 4.90 Å². The van der Waals surface area contributed by atoms with Crippen LogP contribution in [0.15, 0.2) is 24.5 Å². The highest BCUT2D eigenvalue weighted by atomic mass is 16.2. The van der Waals surface area contributed by atoms with Gasteiger partial charge in [-0.15, -0.1) is 0 Å². The molecule has 4 heteroatoms. The summed E-state index contributed by atoms with van der Waals surface area (Å²) in [6.45, 7) is 5.99. The lowest BCUT2D eigenvalue weighted by molar-refractivity contribution is -0.139. The molecule has 1 aromatic rings. The van der Waals surface area contributed by atoms with Crippen molar-refractivity contribution in [3.63, 3.8) is 0 Å². The van der Waals surface area contributed by atoms with Crippen molar-refractivity contribution in [2.75, 3.05) is 19.6 Å². The van der Waals surface area contributed by atoms with Crippen LogP contribution in [-0.4, -0.2) is 46.4 Å². The molecule has 0 spiro atoms. The number of likely N-dealkylation sites (tertiary alicyclic amines) is 1. The van der Waals surface area contributed by atoms with Crippen LogP contribution in [0.5, 0.6) is 0 Å². The molecule has 2 fully saturated rings. The number of hydrogen-bond donors (Lipinski definition) is 0. The van der Waals surface area contributed by atoms with E-state index < -0.39 is 0 Å². The third-order valence-electron chi connectivity index (χ3n) is 5.51. The number of pyridine rings is 1. The Balaban J connectivity index is 1.40. The minimum Gasteiger partial charge on any atom is -0.339 e. The van der Waals surface area contributed by atoms with E-state index in [2.05, 4.69) is 33.8 Å². The molecule has 1 amide bonds. The summed E-state index contributed by atoms with van der Waals surface area (Å²) in [5.41, 5.74) is 1.30. The van der Waals surface area contributed by atoms with Crippen molar-refractivity contribution >= 4 is 5.91 Å². The van der Waals surface area contributed by atoms with Crippen LogP contribution in [0.2, 0.25) is 0 Å². The van der Waals surface area contributed by atoms with Gasteiger partial charge in [0.05, 0.1) is 0 Å². The van der Waals surface area contributed by atoms with Gasteiger partial charge in [-0.1, -0.05) is 32.6 Å². The van der Waals surface area contributed by atoms with Crippen molar-refractivity contribution in [1.82, 2.24) is 14.8 Å². The quantitative estimate of drug-likeness (QED) is 0.776. The van der Waals surface area contributed by atoms with E-state index in [1.165, 1.54) is 31.2 Å². The minimum atomic E-state index is 0.369. The van der Waals surface area contributed by atoms with Gasteiger partial charge in [-0.2, -0.15) is 0 Å². The fraction of sp³-hybridized carbons (Fsp3) is 0.684. The Kier molecular flexibility index (Phi) is 5.65. The van der Waals surface area contributed by atoms with Gasteiger partial charge >= 0.3 is 0 Å². The number of aromatic nitrogens is 1. The Morgan fingerprint density at radius 2 is 1.96 bits per heavy atom. The van der Waals surface area contributed by atoms with Crippen LogP contribution in [-0.2, 0) is 11.3 Å². The predicted octanol–water partition coefficient (Wildman–Crippen LogP) is 3.08. The van der Waals surface area contributed by atoms with E-state index in [1.54, 1.807) is 0 Å². The van der Waals surface area contributed by atoms with Crippen LogP contribution in [0.1, 0.15) is 51.0 Å². The molecule has 1 aliphatic carbocycles. The largest absolute Gasteiger partial charge is 0.339 e. The highest BCUT2D eigenvalue weighted by molar-refractivity contribution is 5.77. The lowest BCUT2D eigenvalue weighted by atomic mass is 9.99. The summed E-state index contributed by atoms with van der Waals surface area (Å²) in [7, 11) is 0. The molecular formula is C19H29N3O. The predicted molar refractivity (Wildman–Crippen MR) is 91.9 cm³/mol. The first kappa shape index (κ1) is 16.4. The van der Waals surface area contributed by atoms with Gasteiger partial charge in [0.1, 0.15) is 0 Å². The summed E-state index contributed by atoms with van der Waals surface area (Å²) < 4.78 is 0. The number of amides is 1. The second-order valence-electron chi connectivity index (χ2n) is 7.06. The average Bonchev–Trinajstić information content (AvgIpc) is 3.05. The van der Waals surface area contributed by atoms with Crippen LogP contribution in [0.4, 0.5) is 0 Å². The summed E-state index contributed by atoms with van der Waals surface area (Å²) in [4.78, 5) is 20.9. The Hall–Kier alpha value is -1.42. The molecule has 3 rings (SSSR count). The highest BCUT2D eigenvalue weighted by Crippen LogP contribution is 2.29. The first-order chi connectivity index (χ1) is 11.3. The Morgan fingerprint density at radius 1 is 1.26 bits per heavy atom. The summed E-state index contributed by atoms with van der Waals surface area (Å²) in [5, 5.41) is 0. The van der Waals surface area contributed by atoms with E-state index in [0.717, 1.165) is 44.9 Å². The van der Waals surface area contributed by atoms with Crippen molar-refractivity contribution in [1.29, 1.82) is 0 Å². The molecule has 23 heavy (non-hydrogen) atoms. The van der Waals surface area contributed by atoms with Gasteiger partial charge in [0.2, 0.25) is 5.91 Å². The normalized spacial score (nSPS) is 19.3. The number of carbonyl (C=O) groups is 1. The van der Waals surface area contributed by atoms with E-state index in [0.29, 0.717) is 11.9 Å². The van der Waals surface area contributed by atoms with Crippen molar-refractivity contribution in [3.8, 4) is 0 Å². The van der Waals surface area contributed by atoms with E-state index in [9.17, 15) is 4.79 Å². The van der Waals surface area contributed by atoms with Gasteiger partial charge in [0, 0.05) is 44.5 Å². The van der Waals surface area contributed by atoms with E-state index in [4.69, 9.17) is 0 Å². The standard InChI is InChI=1S/C19H29N3O/c1-2-21(13-17-9-11-20-12-10-17)18-14-22(15-18)19(23)8-7-16-5-3-4-6-16/h9-12,16,18H,2-8,13-15H2,1H3. The highest BCUT2D eigenvalue weighted by Gasteiger charge is 2.34. The molecule has 126 valence electrons. The molecule has 1 aliphatic heterocycles. The van der Waals surface area contributed by atoms with Gasteiger partial charge in [0.25, 0.3) is 0 Å². The SMILES string of the molecule is CCN(Cc1ccncc1)C1CN(C(=O)CCC2CCCC2)C1. The van der Waals surface area contributed by atoms with E-state index in [1.807, 2.05) is 12.4 Å². The lowest BCUT2D eigenvalue weighted by Crippen LogP contribution is -2.60. The van der Waals surface area contributed by atoms with Gasteiger partial charge in [-0.3, -0.25) is 14.7 Å². The fourth-order valence-electron chi connectivity index (χ4n) is 3.90. The zero-order chi connectivity index (χ0) is 16.1. The molecular weight excluding hydrogens is 286 g/mol. The van der Waals surface area contributed by atoms with Crippen molar-refractivity contribution < 1.29 is 4.79 Å². The van der Waals surface area contributed by atoms with Crippen molar-refractivity contribution in [2.45, 2.75) is 58.0 Å². The van der Waals surface area contributed by atoms with Crippen LogP contribution >= 0.6 is 0 Å². The second-order valence-corrected chi connectivity index (χ2v) is 7.06.